The lowest BCUT2D eigenvalue weighted by Gasteiger charge is -2.23. The van der Waals surface area contributed by atoms with E-state index in [1.807, 2.05) is 0 Å². The van der Waals surface area contributed by atoms with E-state index in [0.29, 0.717) is 0 Å². The number of hydrogen-bond acceptors (Lipinski definition) is 11. The van der Waals surface area contributed by atoms with Crippen LogP contribution in [0.1, 0.15) is 33.9 Å². The Hall–Kier alpha value is -2.93. The van der Waals surface area contributed by atoms with E-state index >= 15 is 4.39 Å². The molecule has 3 rings (SSSR count). The van der Waals surface area contributed by atoms with Gasteiger partial charge in [0, 0.05) is 0 Å². The number of halogens is 2. The number of anilines is 1. The van der Waals surface area contributed by atoms with Crippen LogP contribution in [0.5, 0.6) is 0 Å². The molecule has 2 aromatic heterocycles. The summed E-state index contributed by atoms with van der Waals surface area (Å²) in [5, 5.41) is -0.172. The fourth-order valence-corrected chi connectivity index (χ4v) is 3.16. The molecule has 4 atom stereocenters. The zero-order valence-corrected chi connectivity index (χ0v) is 18.5. The van der Waals surface area contributed by atoms with Gasteiger partial charge in [-0.2, -0.15) is 9.97 Å². The number of ether oxygens (including phenoxy) is 5. The number of aromatic nitrogens is 4. The molecule has 0 radical (unpaired) electrons. The molecule has 12 nitrogen and oxygen atoms in total. The number of rotatable bonds is 5. The summed E-state index contributed by atoms with van der Waals surface area (Å²) in [6.45, 7) is 6.11. The van der Waals surface area contributed by atoms with Crippen LogP contribution in [0.25, 0.3) is 11.2 Å². The van der Waals surface area contributed by atoms with Crippen molar-refractivity contribution >= 4 is 40.9 Å². The van der Waals surface area contributed by atoms with E-state index in [4.69, 9.17) is 41.0 Å². The van der Waals surface area contributed by atoms with Crippen molar-refractivity contribution in [2.45, 2.75) is 57.9 Å². The Morgan fingerprint density at radius 3 is 2.66 bits per heavy atom. The third kappa shape index (κ3) is 5.27. The standard InChI is InChI=1S/C18H23ClFN5O7/c1-5-28-16(26)29-6-8-11(31-17(27)32-18(2,3)4)9(20)14(30-8)25-7-22-10-12(21)23-15(19)24-13(10)25/h7-9,11,14H,5-6H2,1-4H3,(H2,21,23,24)/t8-,9+,11-,14-/m1/s1. The number of carbonyl (C=O) groups excluding carboxylic acids is 2. The summed E-state index contributed by atoms with van der Waals surface area (Å²) in [6.07, 6.45) is -6.77. The molecule has 0 unspecified atom stereocenters. The molecule has 1 aliphatic heterocycles. The molecule has 176 valence electrons. The van der Waals surface area contributed by atoms with E-state index in [9.17, 15) is 9.59 Å². The average Bonchev–Trinajstić information content (AvgIpc) is 3.21. The Morgan fingerprint density at radius 1 is 1.28 bits per heavy atom. The number of imidazole rings is 1. The SMILES string of the molecule is CCOC(=O)OC[C@H]1O[C@@H](n2cnc3c(N)nc(Cl)nc32)[C@@H](F)[C@@H]1OC(=O)OC(C)(C)C. The van der Waals surface area contributed by atoms with Crippen LogP contribution in [0, 0.1) is 0 Å². The van der Waals surface area contributed by atoms with Crippen LogP contribution >= 0.6 is 11.6 Å². The summed E-state index contributed by atoms with van der Waals surface area (Å²) < 4.78 is 42.3. The summed E-state index contributed by atoms with van der Waals surface area (Å²) in [7, 11) is 0. The molecule has 2 N–H and O–H groups in total. The van der Waals surface area contributed by atoms with Gasteiger partial charge in [-0.1, -0.05) is 0 Å². The highest BCUT2D eigenvalue weighted by molar-refractivity contribution is 6.28. The van der Waals surface area contributed by atoms with Gasteiger partial charge >= 0.3 is 12.3 Å². The minimum absolute atomic E-state index is 0.00379. The molecule has 0 aromatic carbocycles. The molecular weight excluding hydrogens is 453 g/mol. The molecule has 1 aliphatic rings. The molecule has 1 fully saturated rings. The Kier molecular flexibility index (Phi) is 6.88. The molecule has 1 saturated heterocycles. The van der Waals surface area contributed by atoms with Crippen molar-refractivity contribution in [2.75, 3.05) is 18.9 Å². The molecule has 0 saturated carbocycles. The van der Waals surface area contributed by atoms with Gasteiger partial charge in [0.05, 0.1) is 12.9 Å². The van der Waals surface area contributed by atoms with Gasteiger partial charge in [-0.3, -0.25) is 4.57 Å². The van der Waals surface area contributed by atoms with Crippen LogP contribution in [0.3, 0.4) is 0 Å². The van der Waals surface area contributed by atoms with Gasteiger partial charge < -0.3 is 29.4 Å². The lowest BCUT2D eigenvalue weighted by molar-refractivity contribution is -0.0749. The van der Waals surface area contributed by atoms with Crippen molar-refractivity contribution in [1.82, 2.24) is 19.5 Å². The fourth-order valence-electron chi connectivity index (χ4n) is 2.98. The molecule has 0 aliphatic carbocycles. The molecular formula is C18H23ClFN5O7. The van der Waals surface area contributed by atoms with Crippen molar-refractivity contribution < 1.29 is 37.7 Å². The first kappa shape index (κ1) is 23.7. The van der Waals surface area contributed by atoms with Crippen molar-refractivity contribution in [1.29, 1.82) is 0 Å². The lowest BCUT2D eigenvalue weighted by Crippen LogP contribution is -2.38. The number of nitrogens with zero attached hydrogens (tertiary/aromatic N) is 4. The highest BCUT2D eigenvalue weighted by Crippen LogP contribution is 2.36. The summed E-state index contributed by atoms with van der Waals surface area (Å²) in [5.41, 5.74) is 5.21. The molecule has 0 amide bonds. The largest absolute Gasteiger partial charge is 0.509 e. The van der Waals surface area contributed by atoms with Crippen LogP contribution < -0.4 is 5.73 Å². The number of nitrogen functional groups attached to an aromatic ring is 1. The Bertz CT molecular complexity index is 998. The van der Waals surface area contributed by atoms with E-state index in [1.54, 1.807) is 27.7 Å². The lowest BCUT2D eigenvalue weighted by atomic mass is 10.1. The van der Waals surface area contributed by atoms with Crippen LogP contribution in [-0.2, 0) is 23.7 Å². The predicted molar refractivity (Wildman–Crippen MR) is 108 cm³/mol. The zero-order chi connectivity index (χ0) is 23.6. The first-order valence-corrected chi connectivity index (χ1v) is 10.0. The minimum atomic E-state index is -1.91. The van der Waals surface area contributed by atoms with E-state index in [0.717, 1.165) is 0 Å². The molecule has 14 heteroatoms. The van der Waals surface area contributed by atoms with E-state index < -0.39 is 49.1 Å². The first-order valence-electron chi connectivity index (χ1n) is 9.64. The van der Waals surface area contributed by atoms with Crippen molar-refractivity contribution in [3.8, 4) is 0 Å². The second-order valence-corrected chi connectivity index (χ2v) is 8.09. The maximum absolute atomic E-state index is 15.5. The molecule has 32 heavy (non-hydrogen) atoms. The Morgan fingerprint density at radius 2 is 2.00 bits per heavy atom. The maximum atomic E-state index is 15.5. The summed E-state index contributed by atoms with van der Waals surface area (Å²) >= 11 is 5.86. The zero-order valence-electron chi connectivity index (χ0n) is 17.8. The fraction of sp³-hybridized carbons (Fsp3) is 0.611. The van der Waals surface area contributed by atoms with E-state index in [2.05, 4.69) is 15.0 Å². The number of alkyl halides is 1. The normalized spacial score (nSPS) is 23.2. The number of hydrogen-bond donors (Lipinski definition) is 1. The van der Waals surface area contributed by atoms with Crippen molar-refractivity contribution in [3.05, 3.63) is 11.6 Å². The van der Waals surface area contributed by atoms with Crippen molar-refractivity contribution in [3.63, 3.8) is 0 Å². The Balaban J connectivity index is 1.87. The smallest absolute Gasteiger partial charge is 0.435 e. The molecule has 0 bridgehead atoms. The third-order valence-electron chi connectivity index (χ3n) is 4.21. The van der Waals surface area contributed by atoms with E-state index in [1.165, 1.54) is 10.9 Å². The average molecular weight is 476 g/mol. The quantitative estimate of drug-likeness (QED) is 0.502. The van der Waals surface area contributed by atoms with Gasteiger partial charge in [0.25, 0.3) is 0 Å². The topological polar surface area (TPSA) is 150 Å². The first-order chi connectivity index (χ1) is 15.0. The number of carbonyl (C=O) groups is 2. The van der Waals surface area contributed by atoms with Gasteiger partial charge in [-0.15, -0.1) is 0 Å². The number of fused-ring (bicyclic) bond motifs is 1. The minimum Gasteiger partial charge on any atom is -0.435 e. The molecule has 0 spiro atoms. The van der Waals surface area contributed by atoms with Gasteiger partial charge in [0.2, 0.25) is 5.28 Å². The van der Waals surface area contributed by atoms with Crippen LogP contribution in [0.15, 0.2) is 6.33 Å². The monoisotopic (exact) mass is 475 g/mol. The second kappa shape index (κ2) is 9.28. The van der Waals surface area contributed by atoms with E-state index in [-0.39, 0.29) is 28.9 Å². The van der Waals surface area contributed by atoms with Gasteiger partial charge in [-0.05, 0) is 39.3 Å². The maximum Gasteiger partial charge on any atom is 0.509 e. The van der Waals surface area contributed by atoms with Gasteiger partial charge in [0.1, 0.15) is 23.8 Å². The van der Waals surface area contributed by atoms with Crippen LogP contribution in [0.4, 0.5) is 19.8 Å². The van der Waals surface area contributed by atoms with Gasteiger partial charge in [-0.25, -0.2) is 19.0 Å². The molecule has 3 heterocycles. The predicted octanol–water partition coefficient (Wildman–Crippen LogP) is 2.79. The summed E-state index contributed by atoms with van der Waals surface area (Å²) in [4.78, 5) is 35.6. The van der Waals surface area contributed by atoms with Gasteiger partial charge in [0.15, 0.2) is 30.0 Å². The number of nitrogens with two attached hydrogens (primary N) is 1. The van der Waals surface area contributed by atoms with Crippen molar-refractivity contribution in [2.24, 2.45) is 0 Å². The molecule has 2 aromatic rings. The highest BCUT2D eigenvalue weighted by Gasteiger charge is 2.50. The highest BCUT2D eigenvalue weighted by atomic mass is 35.5. The third-order valence-corrected chi connectivity index (χ3v) is 4.38. The Labute approximate surface area is 187 Å². The van der Waals surface area contributed by atoms with Crippen LogP contribution in [0.2, 0.25) is 5.28 Å². The second-order valence-electron chi connectivity index (χ2n) is 7.75. The summed E-state index contributed by atoms with van der Waals surface area (Å²) in [6, 6.07) is 0. The summed E-state index contributed by atoms with van der Waals surface area (Å²) in [5.74, 6) is -0.00379. The van der Waals surface area contributed by atoms with Crippen LogP contribution in [-0.4, -0.2) is 69.0 Å².